The molecule has 2 aliphatic rings. The Balaban J connectivity index is 1.58. The van der Waals surface area contributed by atoms with Crippen molar-refractivity contribution in [1.82, 2.24) is 5.32 Å². The molecule has 0 bridgehead atoms. The standard InChI is InChI=1S/C85H151NO13/c1-3-5-7-9-11-13-15-17-19-21-23-25-27-29-30-31-32-33-34-35-36-37-38-39-40-41-42-43-44-45-47-49-51-53-55-57-59-61-63-65-67-69-77(90)86-73(72-96-84-82(95)80(93)83(76(71-88)98-84)99-85-81(94)79(92)78(91)75(70-87)97-85)74(89)68-66-64-62-60-58-56-54-52-50-48-46-28-26-24-22-20-18-16-14-12-10-8-6-4-2/h5,7,11,13,17,19,23,25,29-30,50,52,58,60,66,68,73-76,78-85,87-89,91-95H,3-4,6,8-10,12,14-16,18,20-22,24,26-28,31-49,51,53-57,59,61-65,67,69-72H2,1-2H3,(H,86,90)/b7-5-,13-11-,19-17-,25-23-,30-29-,52-50+,60-58+,68-66+. The molecule has 2 saturated heterocycles. The molecule has 0 aromatic heterocycles. The second-order valence-electron chi connectivity index (χ2n) is 28.5. The van der Waals surface area contributed by atoms with E-state index >= 15 is 0 Å². The van der Waals surface area contributed by atoms with Gasteiger partial charge in [0.25, 0.3) is 0 Å². The van der Waals surface area contributed by atoms with Gasteiger partial charge in [0.2, 0.25) is 5.91 Å². The van der Waals surface area contributed by atoms with E-state index in [1.165, 1.54) is 231 Å². The highest BCUT2D eigenvalue weighted by molar-refractivity contribution is 5.76. The molecule has 12 unspecified atom stereocenters. The molecule has 1 amide bonds. The van der Waals surface area contributed by atoms with E-state index in [4.69, 9.17) is 18.9 Å². The minimum Gasteiger partial charge on any atom is -0.394 e. The quantitative estimate of drug-likeness (QED) is 0.0204. The largest absolute Gasteiger partial charge is 0.394 e. The van der Waals surface area contributed by atoms with Crippen molar-refractivity contribution in [3.63, 3.8) is 0 Å². The summed E-state index contributed by atoms with van der Waals surface area (Å²) in [7, 11) is 0. The van der Waals surface area contributed by atoms with E-state index in [2.05, 4.69) is 104 Å². The number of hydrogen-bond donors (Lipinski definition) is 9. The Morgan fingerprint density at radius 3 is 1.11 bits per heavy atom. The number of amides is 1. The molecule has 14 nitrogen and oxygen atoms in total. The topological polar surface area (TPSA) is 228 Å². The number of ether oxygens (including phenoxy) is 4. The highest BCUT2D eigenvalue weighted by atomic mass is 16.7. The Labute approximate surface area is 604 Å². The summed E-state index contributed by atoms with van der Waals surface area (Å²) in [5.74, 6) is -0.249. The predicted molar refractivity (Wildman–Crippen MR) is 410 cm³/mol. The maximum atomic E-state index is 13.4. The van der Waals surface area contributed by atoms with Crippen LogP contribution < -0.4 is 5.32 Å². The summed E-state index contributed by atoms with van der Waals surface area (Å²) in [5.41, 5.74) is 0. The summed E-state index contributed by atoms with van der Waals surface area (Å²) < 4.78 is 22.9. The molecule has 0 spiro atoms. The van der Waals surface area contributed by atoms with E-state index in [-0.39, 0.29) is 18.9 Å². The van der Waals surface area contributed by atoms with Crippen LogP contribution in [0.2, 0.25) is 0 Å². The Hall–Kier alpha value is -3.09. The van der Waals surface area contributed by atoms with Crippen LogP contribution in [0.4, 0.5) is 0 Å². The monoisotopic (exact) mass is 1390 g/mol. The number of aliphatic hydroxyl groups is 8. The molecule has 0 radical (unpaired) electrons. The van der Waals surface area contributed by atoms with Crippen molar-refractivity contribution in [3.05, 3.63) is 97.2 Å². The summed E-state index contributed by atoms with van der Waals surface area (Å²) in [6.07, 6.45) is 80.8. The maximum Gasteiger partial charge on any atom is 0.220 e. The fourth-order valence-electron chi connectivity index (χ4n) is 13.1. The first-order valence-corrected chi connectivity index (χ1v) is 41.0. The van der Waals surface area contributed by atoms with Gasteiger partial charge in [-0.1, -0.05) is 342 Å². The third-order valence-corrected chi connectivity index (χ3v) is 19.5. The third-order valence-electron chi connectivity index (χ3n) is 19.5. The van der Waals surface area contributed by atoms with Gasteiger partial charge in [-0.3, -0.25) is 4.79 Å². The zero-order valence-electron chi connectivity index (χ0n) is 63.0. The van der Waals surface area contributed by atoms with E-state index in [0.29, 0.717) is 12.8 Å². The van der Waals surface area contributed by atoms with Crippen molar-refractivity contribution in [3.8, 4) is 0 Å². The zero-order valence-corrected chi connectivity index (χ0v) is 63.0. The number of allylic oxidation sites excluding steroid dienone is 15. The molecule has 0 aromatic rings. The highest BCUT2D eigenvalue weighted by Gasteiger charge is 2.51. The fraction of sp³-hybridized carbons (Fsp3) is 0.800. The van der Waals surface area contributed by atoms with Crippen molar-refractivity contribution >= 4 is 5.91 Å². The number of aliphatic hydroxyl groups excluding tert-OH is 8. The lowest BCUT2D eigenvalue weighted by atomic mass is 9.97. The lowest BCUT2D eigenvalue weighted by molar-refractivity contribution is -0.359. The van der Waals surface area contributed by atoms with Crippen molar-refractivity contribution in [1.29, 1.82) is 0 Å². The first kappa shape index (κ1) is 92.0. The van der Waals surface area contributed by atoms with Crippen LogP contribution in [0.15, 0.2) is 97.2 Å². The van der Waals surface area contributed by atoms with Gasteiger partial charge in [-0.15, -0.1) is 0 Å². The van der Waals surface area contributed by atoms with E-state index in [9.17, 15) is 45.6 Å². The van der Waals surface area contributed by atoms with Crippen molar-refractivity contribution in [2.75, 3.05) is 19.8 Å². The zero-order chi connectivity index (χ0) is 71.5. The van der Waals surface area contributed by atoms with Crippen molar-refractivity contribution in [2.45, 2.75) is 415 Å². The molecule has 9 N–H and O–H groups in total. The van der Waals surface area contributed by atoms with E-state index in [1.54, 1.807) is 6.08 Å². The Morgan fingerprint density at radius 1 is 0.374 bits per heavy atom. The first-order chi connectivity index (χ1) is 48.6. The molecule has 14 heteroatoms. The summed E-state index contributed by atoms with van der Waals surface area (Å²) in [4.78, 5) is 13.4. The minimum atomic E-state index is -1.80. The van der Waals surface area contributed by atoms with Crippen LogP contribution >= 0.6 is 0 Å². The molecule has 0 saturated carbocycles. The molecule has 99 heavy (non-hydrogen) atoms. The van der Waals surface area contributed by atoms with Gasteiger partial charge in [-0.05, 0) is 89.9 Å². The molecular weight excluding hydrogens is 1240 g/mol. The molecule has 2 rings (SSSR count). The smallest absolute Gasteiger partial charge is 0.220 e. The van der Waals surface area contributed by atoms with Gasteiger partial charge < -0.3 is 65.1 Å². The van der Waals surface area contributed by atoms with Gasteiger partial charge in [-0.2, -0.15) is 0 Å². The van der Waals surface area contributed by atoms with E-state index < -0.39 is 86.8 Å². The Kier molecular flexibility index (Phi) is 63.2. The molecule has 574 valence electrons. The lowest BCUT2D eigenvalue weighted by Gasteiger charge is -2.46. The van der Waals surface area contributed by atoms with Crippen molar-refractivity contribution < 1.29 is 64.6 Å². The molecule has 2 heterocycles. The van der Waals surface area contributed by atoms with Gasteiger partial charge in [0.1, 0.15) is 48.8 Å². The predicted octanol–water partition coefficient (Wildman–Crippen LogP) is 18.9. The van der Waals surface area contributed by atoms with Crippen LogP contribution in [0, 0.1) is 0 Å². The van der Waals surface area contributed by atoms with Crippen LogP contribution in [0.1, 0.15) is 341 Å². The molecule has 0 aromatic carbocycles. The Morgan fingerprint density at radius 2 is 0.707 bits per heavy atom. The summed E-state index contributed by atoms with van der Waals surface area (Å²) >= 11 is 0. The van der Waals surface area contributed by atoms with Gasteiger partial charge >= 0.3 is 0 Å². The average Bonchev–Trinajstić information content (AvgIpc) is 0.799. The van der Waals surface area contributed by atoms with E-state index in [0.717, 1.165) is 77.0 Å². The first-order valence-electron chi connectivity index (χ1n) is 41.0. The lowest BCUT2D eigenvalue weighted by Crippen LogP contribution is -2.65. The van der Waals surface area contributed by atoms with Gasteiger partial charge in [0, 0.05) is 6.42 Å². The van der Waals surface area contributed by atoms with Crippen LogP contribution in [0.5, 0.6) is 0 Å². The molecule has 2 aliphatic heterocycles. The van der Waals surface area contributed by atoms with Crippen LogP contribution in [0.25, 0.3) is 0 Å². The Bertz CT molecular complexity index is 2040. The molecule has 12 atom stereocenters. The number of unbranched alkanes of at least 4 members (excludes halogenated alkanes) is 41. The van der Waals surface area contributed by atoms with Gasteiger partial charge in [-0.25, -0.2) is 0 Å². The number of carbonyl (C=O) groups is 1. The molecular formula is C85H151NO13. The van der Waals surface area contributed by atoms with Crippen LogP contribution in [-0.2, 0) is 23.7 Å². The minimum absolute atomic E-state index is 0.249. The maximum absolute atomic E-state index is 13.4. The van der Waals surface area contributed by atoms with Gasteiger partial charge in [0.05, 0.1) is 32.0 Å². The van der Waals surface area contributed by atoms with Crippen molar-refractivity contribution in [2.24, 2.45) is 0 Å². The van der Waals surface area contributed by atoms with Crippen LogP contribution in [-0.4, -0.2) is 140 Å². The number of rotatable bonds is 68. The average molecular weight is 1400 g/mol. The number of nitrogens with one attached hydrogen (secondary N) is 1. The fourth-order valence-corrected chi connectivity index (χ4v) is 13.1. The number of hydrogen-bond acceptors (Lipinski definition) is 13. The summed E-state index contributed by atoms with van der Waals surface area (Å²) in [6, 6.07) is -0.942. The van der Waals surface area contributed by atoms with E-state index in [1.807, 2.05) is 6.08 Å². The normalized spacial score (nSPS) is 22.4. The second kappa shape index (κ2) is 68.0. The second-order valence-corrected chi connectivity index (χ2v) is 28.5. The SMILES string of the molecule is CC/C=C\C/C=C\C/C=C\C/C=C\C/C=C\CCCCCCCCCCCCCCCCCCCCCCCCCCCC(=O)NC(COC1OC(CO)C(OC2OC(CO)C(O)C(O)C2O)C(O)C1O)C(O)/C=C/CC/C=C/CC/C=C/CCCCCCCCCCCCCCCC. The molecule has 0 aliphatic carbocycles. The third kappa shape index (κ3) is 50.9. The highest BCUT2D eigenvalue weighted by Crippen LogP contribution is 2.30. The number of carbonyl (C=O) groups excluding carboxylic acids is 1. The summed E-state index contributed by atoms with van der Waals surface area (Å²) in [6.45, 7) is 2.70. The van der Waals surface area contributed by atoms with Gasteiger partial charge in [0.15, 0.2) is 12.6 Å². The molecule has 2 fully saturated rings. The summed E-state index contributed by atoms with van der Waals surface area (Å²) in [5, 5.41) is 87.6. The van der Waals surface area contributed by atoms with Crippen LogP contribution in [0.3, 0.4) is 0 Å².